The number of aromatic nitrogens is 2. The SMILES string of the molecule is OCCC1CCCCN1Cc1ncccn1. The van der Waals surface area contributed by atoms with Crippen LogP contribution in [0.3, 0.4) is 0 Å². The molecule has 2 heterocycles. The third-order valence-electron chi connectivity index (χ3n) is 3.18. The van der Waals surface area contributed by atoms with Gasteiger partial charge in [0.05, 0.1) is 6.54 Å². The second kappa shape index (κ2) is 5.92. The predicted octanol–water partition coefficient (Wildman–Crippen LogP) is 1.21. The standard InChI is InChI=1S/C12H19N3O/c16-9-5-11-4-1-2-8-15(11)10-12-13-6-3-7-14-12/h3,6-7,11,16H,1-2,4-5,8-10H2. The highest BCUT2D eigenvalue weighted by molar-refractivity contribution is 4.90. The third kappa shape index (κ3) is 3.00. The Balaban J connectivity index is 1.96. The lowest BCUT2D eigenvalue weighted by Gasteiger charge is -2.34. The third-order valence-corrected chi connectivity index (χ3v) is 3.18. The predicted molar refractivity (Wildman–Crippen MR) is 61.8 cm³/mol. The highest BCUT2D eigenvalue weighted by Crippen LogP contribution is 2.20. The van der Waals surface area contributed by atoms with Gasteiger partial charge in [0.25, 0.3) is 0 Å². The summed E-state index contributed by atoms with van der Waals surface area (Å²) in [5.74, 6) is 0.882. The number of hydrogen-bond donors (Lipinski definition) is 1. The number of hydrogen-bond acceptors (Lipinski definition) is 4. The van der Waals surface area contributed by atoms with E-state index in [1.807, 2.05) is 6.07 Å². The molecule has 16 heavy (non-hydrogen) atoms. The van der Waals surface area contributed by atoms with Crippen LogP contribution in [0, 0.1) is 0 Å². The smallest absolute Gasteiger partial charge is 0.142 e. The molecular weight excluding hydrogens is 202 g/mol. The van der Waals surface area contributed by atoms with Gasteiger partial charge in [0.1, 0.15) is 5.82 Å². The van der Waals surface area contributed by atoms with E-state index in [4.69, 9.17) is 5.11 Å². The van der Waals surface area contributed by atoms with Crippen LogP contribution in [0.4, 0.5) is 0 Å². The van der Waals surface area contributed by atoms with Gasteiger partial charge in [0.2, 0.25) is 0 Å². The largest absolute Gasteiger partial charge is 0.396 e. The topological polar surface area (TPSA) is 49.2 Å². The van der Waals surface area contributed by atoms with Gasteiger partial charge in [-0.05, 0) is 31.9 Å². The molecule has 4 nitrogen and oxygen atoms in total. The average molecular weight is 221 g/mol. The number of aliphatic hydroxyl groups excluding tert-OH is 1. The summed E-state index contributed by atoms with van der Waals surface area (Å²) in [5, 5.41) is 9.04. The van der Waals surface area contributed by atoms with Crippen molar-refractivity contribution in [1.29, 1.82) is 0 Å². The summed E-state index contributed by atoms with van der Waals surface area (Å²) in [6.45, 7) is 2.19. The molecule has 4 heteroatoms. The Hall–Kier alpha value is -1.00. The van der Waals surface area contributed by atoms with Gasteiger partial charge in [-0.25, -0.2) is 9.97 Å². The van der Waals surface area contributed by atoms with Crippen LogP contribution in [0.5, 0.6) is 0 Å². The lowest BCUT2D eigenvalue weighted by atomic mass is 10.00. The maximum Gasteiger partial charge on any atom is 0.142 e. The minimum Gasteiger partial charge on any atom is -0.396 e. The van der Waals surface area contributed by atoms with Crippen molar-refractivity contribution >= 4 is 0 Å². The molecule has 0 spiro atoms. The minimum atomic E-state index is 0.275. The highest BCUT2D eigenvalue weighted by atomic mass is 16.3. The lowest BCUT2D eigenvalue weighted by molar-refractivity contribution is 0.110. The van der Waals surface area contributed by atoms with Crippen LogP contribution >= 0.6 is 0 Å². The summed E-state index contributed by atoms with van der Waals surface area (Å²) < 4.78 is 0. The molecule has 1 aliphatic heterocycles. The molecule has 88 valence electrons. The van der Waals surface area contributed by atoms with Crippen molar-refractivity contribution in [3.63, 3.8) is 0 Å². The molecule has 1 aliphatic rings. The molecule has 2 rings (SSSR count). The van der Waals surface area contributed by atoms with Crippen molar-refractivity contribution in [3.8, 4) is 0 Å². The van der Waals surface area contributed by atoms with E-state index in [2.05, 4.69) is 14.9 Å². The van der Waals surface area contributed by atoms with Gasteiger partial charge in [-0.3, -0.25) is 4.90 Å². The number of aliphatic hydroxyl groups is 1. The summed E-state index contributed by atoms with van der Waals surface area (Å²) in [5.41, 5.74) is 0. The molecule has 1 aromatic heterocycles. The van der Waals surface area contributed by atoms with Gasteiger partial charge in [-0.15, -0.1) is 0 Å². The average Bonchev–Trinajstić information content (AvgIpc) is 2.33. The van der Waals surface area contributed by atoms with Gasteiger partial charge in [0.15, 0.2) is 0 Å². The summed E-state index contributed by atoms with van der Waals surface area (Å²) in [6, 6.07) is 2.34. The van der Waals surface area contributed by atoms with Crippen LogP contribution in [0.1, 0.15) is 31.5 Å². The minimum absolute atomic E-state index is 0.275. The molecule has 0 aromatic carbocycles. The molecule has 0 aliphatic carbocycles. The van der Waals surface area contributed by atoms with Crippen LogP contribution in [-0.2, 0) is 6.54 Å². The van der Waals surface area contributed by atoms with E-state index in [0.717, 1.165) is 25.3 Å². The first-order valence-electron chi connectivity index (χ1n) is 6.01. The molecule has 1 fully saturated rings. The van der Waals surface area contributed by atoms with Crippen LogP contribution in [0.2, 0.25) is 0 Å². The Labute approximate surface area is 96.3 Å². The quantitative estimate of drug-likeness (QED) is 0.830. The monoisotopic (exact) mass is 221 g/mol. The second-order valence-corrected chi connectivity index (χ2v) is 4.30. The zero-order chi connectivity index (χ0) is 11.2. The Morgan fingerprint density at radius 1 is 1.31 bits per heavy atom. The molecule has 0 radical (unpaired) electrons. The number of rotatable bonds is 4. The van der Waals surface area contributed by atoms with Crippen molar-refractivity contribution in [2.45, 2.75) is 38.3 Å². The summed E-state index contributed by atoms with van der Waals surface area (Å²) >= 11 is 0. The normalized spacial score (nSPS) is 22.2. The van der Waals surface area contributed by atoms with Gasteiger partial charge in [-0.2, -0.15) is 0 Å². The first-order valence-corrected chi connectivity index (χ1v) is 6.01. The lowest BCUT2D eigenvalue weighted by Crippen LogP contribution is -2.39. The Bertz CT molecular complexity index is 302. The first-order chi connectivity index (χ1) is 7.90. The van der Waals surface area contributed by atoms with E-state index in [0.29, 0.717) is 6.04 Å². The van der Waals surface area contributed by atoms with Crippen LogP contribution < -0.4 is 0 Å². The molecule has 1 N–H and O–H groups in total. The zero-order valence-corrected chi connectivity index (χ0v) is 9.55. The van der Waals surface area contributed by atoms with Crippen molar-refractivity contribution in [1.82, 2.24) is 14.9 Å². The Morgan fingerprint density at radius 2 is 2.12 bits per heavy atom. The molecule has 1 aromatic rings. The van der Waals surface area contributed by atoms with Crippen molar-refractivity contribution in [2.75, 3.05) is 13.2 Å². The number of nitrogens with zero attached hydrogens (tertiary/aromatic N) is 3. The Morgan fingerprint density at radius 3 is 2.88 bits per heavy atom. The van der Waals surface area contributed by atoms with E-state index in [9.17, 15) is 0 Å². The van der Waals surface area contributed by atoms with Crippen molar-refractivity contribution in [2.24, 2.45) is 0 Å². The fraction of sp³-hybridized carbons (Fsp3) is 0.667. The van der Waals surface area contributed by atoms with Gasteiger partial charge in [-0.1, -0.05) is 6.42 Å². The van der Waals surface area contributed by atoms with Gasteiger partial charge in [0, 0.05) is 25.0 Å². The maximum atomic E-state index is 9.04. The summed E-state index contributed by atoms with van der Waals surface area (Å²) in [6.07, 6.45) is 8.15. The van der Waals surface area contributed by atoms with Gasteiger partial charge >= 0.3 is 0 Å². The summed E-state index contributed by atoms with van der Waals surface area (Å²) in [7, 11) is 0. The van der Waals surface area contributed by atoms with E-state index in [1.165, 1.54) is 19.3 Å². The Kier molecular flexibility index (Phi) is 4.25. The highest BCUT2D eigenvalue weighted by Gasteiger charge is 2.22. The fourth-order valence-electron chi connectivity index (χ4n) is 2.34. The maximum absolute atomic E-state index is 9.04. The molecular formula is C12H19N3O. The van der Waals surface area contributed by atoms with Crippen molar-refractivity contribution in [3.05, 3.63) is 24.3 Å². The van der Waals surface area contributed by atoms with Gasteiger partial charge < -0.3 is 5.11 Å². The molecule has 1 atom stereocenters. The first kappa shape index (κ1) is 11.5. The molecule has 1 saturated heterocycles. The summed E-state index contributed by atoms with van der Waals surface area (Å²) in [4.78, 5) is 10.9. The van der Waals surface area contributed by atoms with Crippen molar-refractivity contribution < 1.29 is 5.11 Å². The fourth-order valence-corrected chi connectivity index (χ4v) is 2.34. The number of likely N-dealkylation sites (tertiary alicyclic amines) is 1. The van der Waals surface area contributed by atoms with Crippen LogP contribution in [0.25, 0.3) is 0 Å². The van der Waals surface area contributed by atoms with Crippen LogP contribution in [0.15, 0.2) is 18.5 Å². The van der Waals surface area contributed by atoms with E-state index < -0.39 is 0 Å². The second-order valence-electron chi connectivity index (χ2n) is 4.30. The molecule has 1 unspecified atom stereocenters. The number of piperidine rings is 1. The molecule has 0 amide bonds. The van der Waals surface area contributed by atoms with Crippen LogP contribution in [-0.4, -0.2) is 39.2 Å². The van der Waals surface area contributed by atoms with E-state index in [-0.39, 0.29) is 6.61 Å². The van der Waals surface area contributed by atoms with E-state index in [1.54, 1.807) is 12.4 Å². The molecule has 0 bridgehead atoms. The zero-order valence-electron chi connectivity index (χ0n) is 9.55. The molecule has 0 saturated carbocycles. The van der Waals surface area contributed by atoms with E-state index >= 15 is 0 Å².